The Kier molecular flexibility index (Phi) is 6.50. The predicted molar refractivity (Wildman–Crippen MR) is 124 cm³/mol. The fourth-order valence-corrected chi connectivity index (χ4v) is 4.66. The van der Waals surface area contributed by atoms with E-state index in [9.17, 15) is 19.5 Å². The first-order valence-electron chi connectivity index (χ1n) is 11.4. The first-order valence-corrected chi connectivity index (χ1v) is 11.4. The molecule has 2 atom stereocenters. The molecule has 1 heterocycles. The lowest BCUT2D eigenvalue weighted by Gasteiger charge is -2.24. The van der Waals surface area contributed by atoms with Crippen LogP contribution in [0.4, 0.5) is 9.59 Å². The van der Waals surface area contributed by atoms with Gasteiger partial charge in [-0.3, -0.25) is 4.79 Å². The number of carboxylic acid groups (broad SMARTS) is 1. The number of benzene rings is 2. The summed E-state index contributed by atoms with van der Waals surface area (Å²) in [5, 5.41) is 9.30. The number of amides is 1. The van der Waals surface area contributed by atoms with Crippen LogP contribution in [0.3, 0.4) is 0 Å². The maximum atomic E-state index is 13.0. The highest BCUT2D eigenvalue weighted by atomic mass is 16.7. The van der Waals surface area contributed by atoms with E-state index in [0.29, 0.717) is 0 Å². The third-order valence-electron chi connectivity index (χ3n) is 6.01. The van der Waals surface area contributed by atoms with Gasteiger partial charge in [0.1, 0.15) is 18.3 Å². The molecule has 2 aromatic carbocycles. The molecule has 1 saturated heterocycles. The molecule has 0 bridgehead atoms. The summed E-state index contributed by atoms with van der Waals surface area (Å²) in [6.07, 6.45) is -2.20. The molecular formula is C26H29NO7. The van der Waals surface area contributed by atoms with E-state index in [1.807, 2.05) is 36.4 Å². The Balaban J connectivity index is 1.44. The zero-order valence-corrected chi connectivity index (χ0v) is 19.5. The molecule has 1 aliphatic heterocycles. The quantitative estimate of drug-likeness (QED) is 0.630. The summed E-state index contributed by atoms with van der Waals surface area (Å²) in [5.41, 5.74) is 3.70. The fraction of sp³-hybridized carbons (Fsp3) is 0.423. The summed E-state index contributed by atoms with van der Waals surface area (Å²) >= 11 is 0. The molecule has 34 heavy (non-hydrogen) atoms. The van der Waals surface area contributed by atoms with Gasteiger partial charge in [0, 0.05) is 18.4 Å². The Labute approximate surface area is 198 Å². The molecule has 0 radical (unpaired) electrons. The van der Waals surface area contributed by atoms with Gasteiger partial charge in [-0.1, -0.05) is 48.5 Å². The predicted octanol–water partition coefficient (Wildman–Crippen LogP) is 4.80. The Morgan fingerprint density at radius 2 is 1.59 bits per heavy atom. The van der Waals surface area contributed by atoms with Gasteiger partial charge in [-0.05, 0) is 43.0 Å². The normalized spacial score (nSPS) is 19.3. The van der Waals surface area contributed by atoms with Crippen molar-refractivity contribution in [2.24, 2.45) is 0 Å². The lowest BCUT2D eigenvalue weighted by atomic mass is 9.98. The van der Waals surface area contributed by atoms with Crippen LogP contribution in [-0.2, 0) is 19.0 Å². The molecule has 0 spiro atoms. The molecular weight excluding hydrogens is 438 g/mol. The van der Waals surface area contributed by atoms with E-state index in [1.54, 1.807) is 20.8 Å². The molecule has 2 unspecified atom stereocenters. The first-order chi connectivity index (χ1) is 16.1. The van der Waals surface area contributed by atoms with Crippen molar-refractivity contribution in [2.45, 2.75) is 57.3 Å². The molecule has 180 valence electrons. The molecule has 1 amide bonds. The van der Waals surface area contributed by atoms with Crippen molar-refractivity contribution in [3.05, 3.63) is 59.7 Å². The zero-order valence-electron chi connectivity index (χ0n) is 19.5. The van der Waals surface area contributed by atoms with Gasteiger partial charge in [-0.2, -0.15) is 0 Å². The molecule has 1 fully saturated rings. The van der Waals surface area contributed by atoms with Gasteiger partial charge in [0.15, 0.2) is 0 Å². The third-order valence-corrected chi connectivity index (χ3v) is 6.01. The van der Waals surface area contributed by atoms with Crippen LogP contribution in [0.15, 0.2) is 48.5 Å². The Hall–Kier alpha value is -3.55. The number of rotatable bonds is 5. The maximum absolute atomic E-state index is 13.0. The van der Waals surface area contributed by atoms with Gasteiger partial charge in [0.05, 0.1) is 13.0 Å². The number of hydrogen-bond acceptors (Lipinski definition) is 6. The average Bonchev–Trinajstić information content (AvgIpc) is 3.29. The van der Waals surface area contributed by atoms with Crippen molar-refractivity contribution >= 4 is 18.2 Å². The number of hydrogen-bond donors (Lipinski definition) is 1. The van der Waals surface area contributed by atoms with E-state index in [2.05, 4.69) is 12.1 Å². The number of carbonyl (C=O) groups excluding carboxylic acids is 2. The van der Waals surface area contributed by atoms with E-state index in [-0.39, 0.29) is 31.9 Å². The van der Waals surface area contributed by atoms with Gasteiger partial charge in [0.25, 0.3) is 0 Å². The van der Waals surface area contributed by atoms with Crippen LogP contribution in [0, 0.1) is 0 Å². The Morgan fingerprint density at radius 1 is 1.00 bits per heavy atom. The van der Waals surface area contributed by atoms with Crippen LogP contribution >= 0.6 is 0 Å². The SMILES string of the molecule is CC(C)(C)OC(=O)OC1CC(CC(=O)O)N(C(=O)OCC2c3ccccc3-c3ccccc32)C1. The Morgan fingerprint density at radius 3 is 2.15 bits per heavy atom. The zero-order chi connectivity index (χ0) is 24.5. The number of likely N-dealkylation sites (tertiary alicyclic amines) is 1. The summed E-state index contributed by atoms with van der Waals surface area (Å²) in [5.74, 6) is -1.15. The summed E-state index contributed by atoms with van der Waals surface area (Å²) in [4.78, 5) is 37.8. The monoisotopic (exact) mass is 467 g/mol. The number of ether oxygens (including phenoxy) is 3. The minimum absolute atomic E-state index is 0.0495. The van der Waals surface area contributed by atoms with Crippen molar-refractivity contribution in [1.82, 2.24) is 4.90 Å². The summed E-state index contributed by atoms with van der Waals surface area (Å²) in [6.45, 7) is 5.34. The lowest BCUT2D eigenvalue weighted by Crippen LogP contribution is -2.38. The van der Waals surface area contributed by atoms with E-state index >= 15 is 0 Å². The topological polar surface area (TPSA) is 102 Å². The van der Waals surface area contributed by atoms with Crippen LogP contribution < -0.4 is 0 Å². The molecule has 8 heteroatoms. The average molecular weight is 468 g/mol. The first kappa shape index (κ1) is 23.6. The van der Waals surface area contributed by atoms with E-state index in [1.165, 1.54) is 4.90 Å². The highest BCUT2D eigenvalue weighted by Gasteiger charge is 2.40. The molecule has 1 aliphatic carbocycles. The van der Waals surface area contributed by atoms with Gasteiger partial charge >= 0.3 is 18.2 Å². The fourth-order valence-electron chi connectivity index (χ4n) is 4.66. The van der Waals surface area contributed by atoms with E-state index < -0.39 is 36.0 Å². The molecule has 0 aromatic heterocycles. The molecule has 1 N–H and O–H groups in total. The second-order valence-corrected chi connectivity index (χ2v) is 9.65. The van der Waals surface area contributed by atoms with E-state index in [4.69, 9.17) is 14.2 Å². The van der Waals surface area contributed by atoms with Gasteiger partial charge in [-0.25, -0.2) is 9.59 Å². The smallest absolute Gasteiger partial charge is 0.481 e. The minimum atomic E-state index is -1.04. The number of carboxylic acids is 1. The largest absolute Gasteiger partial charge is 0.509 e. The number of aliphatic carboxylic acids is 1. The van der Waals surface area contributed by atoms with Crippen LogP contribution in [0.5, 0.6) is 0 Å². The molecule has 2 aromatic rings. The summed E-state index contributed by atoms with van der Waals surface area (Å²) < 4.78 is 16.2. The molecule has 0 saturated carbocycles. The number of nitrogens with zero attached hydrogens (tertiary/aromatic N) is 1. The minimum Gasteiger partial charge on any atom is -0.481 e. The number of fused-ring (bicyclic) bond motifs is 3. The molecule has 4 rings (SSSR count). The lowest BCUT2D eigenvalue weighted by molar-refractivity contribution is -0.138. The molecule has 8 nitrogen and oxygen atoms in total. The van der Waals surface area contributed by atoms with Crippen LogP contribution in [0.1, 0.15) is 50.7 Å². The maximum Gasteiger partial charge on any atom is 0.509 e. The van der Waals surface area contributed by atoms with Gasteiger partial charge < -0.3 is 24.2 Å². The summed E-state index contributed by atoms with van der Waals surface area (Å²) in [6, 6.07) is 15.4. The van der Waals surface area contributed by atoms with E-state index in [0.717, 1.165) is 22.3 Å². The van der Waals surface area contributed by atoms with Gasteiger partial charge in [-0.15, -0.1) is 0 Å². The number of carbonyl (C=O) groups is 3. The van der Waals surface area contributed by atoms with Crippen molar-refractivity contribution in [3.8, 4) is 11.1 Å². The van der Waals surface area contributed by atoms with Crippen LogP contribution in [0.25, 0.3) is 11.1 Å². The van der Waals surface area contributed by atoms with Gasteiger partial charge in [0.2, 0.25) is 0 Å². The molecule has 2 aliphatic rings. The standard InChI is InChI=1S/C26H29NO7/c1-26(2,3)34-25(31)33-17-12-16(13-23(28)29)27(14-17)24(30)32-15-22-20-10-6-4-8-18(20)19-9-5-7-11-21(19)22/h4-11,16-17,22H,12-15H2,1-3H3,(H,28,29). The van der Waals surface area contributed by atoms with Crippen LogP contribution in [0.2, 0.25) is 0 Å². The second kappa shape index (κ2) is 9.37. The van der Waals surface area contributed by atoms with Crippen molar-refractivity contribution < 1.29 is 33.7 Å². The van der Waals surface area contributed by atoms with Crippen LogP contribution in [-0.4, -0.2) is 59.1 Å². The highest BCUT2D eigenvalue weighted by Crippen LogP contribution is 2.44. The van der Waals surface area contributed by atoms with Crippen molar-refractivity contribution in [2.75, 3.05) is 13.2 Å². The second-order valence-electron chi connectivity index (χ2n) is 9.65. The highest BCUT2D eigenvalue weighted by molar-refractivity contribution is 5.79. The van der Waals surface area contributed by atoms with Crippen molar-refractivity contribution in [1.29, 1.82) is 0 Å². The Bertz CT molecular complexity index is 1050. The third kappa shape index (κ3) is 5.16. The van der Waals surface area contributed by atoms with Crippen molar-refractivity contribution in [3.63, 3.8) is 0 Å². The summed E-state index contributed by atoms with van der Waals surface area (Å²) in [7, 11) is 0.